The minimum absolute atomic E-state index is 0.174. The van der Waals surface area contributed by atoms with Crippen molar-refractivity contribution in [1.29, 1.82) is 0 Å². The van der Waals surface area contributed by atoms with Crippen LogP contribution >= 0.6 is 11.6 Å². The maximum Gasteiger partial charge on any atom is 0.409 e. The van der Waals surface area contributed by atoms with Crippen molar-refractivity contribution in [3.8, 4) is 22.6 Å². The van der Waals surface area contributed by atoms with E-state index >= 15 is 8.78 Å². The molecule has 1 fully saturated rings. The van der Waals surface area contributed by atoms with Crippen LogP contribution in [0.1, 0.15) is 11.3 Å². The van der Waals surface area contributed by atoms with Gasteiger partial charge in [-0.15, -0.1) is 0 Å². The van der Waals surface area contributed by atoms with Crippen LogP contribution in [0.3, 0.4) is 0 Å². The second kappa shape index (κ2) is 9.27. The predicted molar refractivity (Wildman–Crippen MR) is 125 cm³/mol. The molecule has 11 heteroatoms. The van der Waals surface area contributed by atoms with Crippen molar-refractivity contribution in [2.24, 2.45) is 0 Å². The molecule has 1 aliphatic rings. The monoisotopic (exact) mass is 501 g/mol. The molecule has 0 aliphatic carbocycles. The zero-order valence-electron chi connectivity index (χ0n) is 19.0. The van der Waals surface area contributed by atoms with Crippen LogP contribution in [-0.2, 0) is 15.9 Å². The fraction of sp³-hybridized carbons (Fsp3) is 0.292. The number of carbonyl (C=O) groups excluding carboxylic acids is 1. The lowest BCUT2D eigenvalue weighted by Gasteiger charge is -2.32. The van der Waals surface area contributed by atoms with Crippen molar-refractivity contribution in [1.82, 2.24) is 24.3 Å². The molecule has 4 aromatic rings. The van der Waals surface area contributed by atoms with Gasteiger partial charge in [-0.05, 0) is 36.8 Å². The van der Waals surface area contributed by atoms with Crippen LogP contribution in [0.5, 0.6) is 0 Å². The molecule has 0 bridgehead atoms. The van der Waals surface area contributed by atoms with Gasteiger partial charge in [0.05, 0.1) is 43.3 Å². The zero-order valence-corrected chi connectivity index (χ0v) is 19.8. The summed E-state index contributed by atoms with van der Waals surface area (Å²) >= 11 is 5.84. The molecule has 0 saturated carbocycles. The zero-order chi connectivity index (χ0) is 24.7. The second-order valence-corrected chi connectivity index (χ2v) is 8.73. The summed E-state index contributed by atoms with van der Waals surface area (Å²) in [6.07, 6.45) is 2.68. The van der Waals surface area contributed by atoms with Crippen molar-refractivity contribution in [3.63, 3.8) is 0 Å². The molecular weight excluding hydrogens is 480 g/mol. The summed E-state index contributed by atoms with van der Waals surface area (Å²) in [6.45, 7) is 2.93. The Balaban J connectivity index is 1.58. The lowest BCUT2D eigenvalue weighted by atomic mass is 10.0. The number of imidazole rings is 2. The van der Waals surface area contributed by atoms with E-state index in [0.717, 1.165) is 5.56 Å². The van der Waals surface area contributed by atoms with E-state index in [2.05, 4.69) is 15.0 Å². The van der Waals surface area contributed by atoms with E-state index in [1.54, 1.807) is 9.30 Å². The van der Waals surface area contributed by atoms with Gasteiger partial charge in [0.15, 0.2) is 0 Å². The topological polar surface area (TPSA) is 84.7 Å². The Morgan fingerprint density at radius 1 is 1.29 bits per heavy atom. The Kier molecular flexibility index (Phi) is 6.16. The number of amides is 1. The normalized spacial score (nSPS) is 16.1. The highest BCUT2D eigenvalue weighted by atomic mass is 35.5. The summed E-state index contributed by atoms with van der Waals surface area (Å²) in [5.74, 6) is -1.31. The molecule has 4 heterocycles. The predicted octanol–water partition coefficient (Wildman–Crippen LogP) is 4.64. The van der Waals surface area contributed by atoms with Gasteiger partial charge in [0, 0.05) is 30.9 Å². The van der Waals surface area contributed by atoms with Gasteiger partial charge >= 0.3 is 6.09 Å². The molecule has 1 amide bonds. The van der Waals surface area contributed by atoms with Gasteiger partial charge in [-0.25, -0.2) is 23.5 Å². The van der Waals surface area contributed by atoms with Crippen LogP contribution in [0.4, 0.5) is 13.6 Å². The Hall–Kier alpha value is -3.50. The average Bonchev–Trinajstić information content (AvgIpc) is 3.41. The third kappa shape index (κ3) is 4.46. The Labute approximate surface area is 204 Å². The highest BCUT2D eigenvalue weighted by molar-refractivity contribution is 6.29. The minimum atomic E-state index is -0.783. The third-order valence-electron chi connectivity index (χ3n) is 5.97. The maximum atomic E-state index is 15.4. The number of nitrogens with one attached hydrogen (secondary N) is 1. The van der Waals surface area contributed by atoms with Crippen LogP contribution in [0.15, 0.2) is 36.7 Å². The van der Waals surface area contributed by atoms with E-state index in [0.29, 0.717) is 24.5 Å². The van der Waals surface area contributed by atoms with E-state index < -0.39 is 23.8 Å². The number of aromatic nitrogens is 4. The number of carbonyl (C=O) groups is 1. The molecule has 0 spiro atoms. The van der Waals surface area contributed by atoms with Crippen LogP contribution in [0, 0.1) is 18.6 Å². The van der Waals surface area contributed by atoms with Gasteiger partial charge in [-0.3, -0.25) is 0 Å². The van der Waals surface area contributed by atoms with E-state index in [1.807, 2.05) is 25.3 Å². The van der Waals surface area contributed by atoms with Crippen LogP contribution in [-0.4, -0.2) is 63.3 Å². The molecular formula is C24H22ClF2N5O3. The quantitative estimate of drug-likeness (QED) is 0.440. The molecule has 1 N–H and O–H groups in total. The minimum Gasteiger partial charge on any atom is -0.453 e. The van der Waals surface area contributed by atoms with Gasteiger partial charge in [0.2, 0.25) is 0 Å². The molecule has 1 unspecified atom stereocenters. The number of rotatable bonds is 4. The first-order valence-corrected chi connectivity index (χ1v) is 11.3. The van der Waals surface area contributed by atoms with Crippen molar-refractivity contribution in [3.05, 3.63) is 64.7 Å². The fourth-order valence-corrected chi connectivity index (χ4v) is 4.47. The number of methoxy groups -OCH3 is 1. The number of aryl methyl sites for hydroxylation is 1. The average molecular weight is 502 g/mol. The van der Waals surface area contributed by atoms with Gasteiger partial charge in [0.1, 0.15) is 28.3 Å². The van der Waals surface area contributed by atoms with Crippen molar-refractivity contribution in [2.45, 2.75) is 19.4 Å². The number of pyridine rings is 1. The van der Waals surface area contributed by atoms with Gasteiger partial charge in [-0.2, -0.15) is 0 Å². The Morgan fingerprint density at radius 3 is 2.74 bits per heavy atom. The first-order chi connectivity index (χ1) is 16.8. The number of hydrogen-bond acceptors (Lipinski definition) is 5. The number of halogens is 3. The van der Waals surface area contributed by atoms with E-state index in [4.69, 9.17) is 21.1 Å². The first-order valence-electron chi connectivity index (χ1n) is 11.0. The number of ether oxygens (including phenoxy) is 2. The number of nitrogens with zero attached hydrogens (tertiary/aromatic N) is 4. The maximum absolute atomic E-state index is 15.4. The molecule has 5 rings (SSSR count). The highest BCUT2D eigenvalue weighted by Gasteiger charge is 2.29. The Bertz CT molecular complexity index is 1400. The summed E-state index contributed by atoms with van der Waals surface area (Å²) in [6, 6.07) is 6.12. The Morgan fingerprint density at radius 2 is 2.06 bits per heavy atom. The SMILES string of the molecule is COC(=O)N1CCOC(Cc2c(-c3c(F)cc(-c4nc(Cl)c[nH]4)cc3F)nc3cc(C)ccn23)C1. The van der Waals surface area contributed by atoms with Crippen molar-refractivity contribution in [2.75, 3.05) is 26.8 Å². The summed E-state index contributed by atoms with van der Waals surface area (Å²) in [5.41, 5.74) is 2.23. The van der Waals surface area contributed by atoms with Crippen LogP contribution < -0.4 is 0 Å². The third-order valence-corrected chi connectivity index (χ3v) is 6.17. The molecule has 1 saturated heterocycles. The summed E-state index contributed by atoms with van der Waals surface area (Å²) in [7, 11) is 1.32. The number of benzene rings is 1. The summed E-state index contributed by atoms with van der Waals surface area (Å²) in [4.78, 5) is 25.0. The number of morpholine rings is 1. The first kappa shape index (κ1) is 23.3. The molecule has 182 valence electrons. The molecule has 1 aliphatic heterocycles. The molecule has 35 heavy (non-hydrogen) atoms. The number of aromatic amines is 1. The van der Waals surface area contributed by atoms with Gasteiger partial charge < -0.3 is 23.8 Å². The van der Waals surface area contributed by atoms with Gasteiger partial charge in [-0.1, -0.05) is 11.6 Å². The van der Waals surface area contributed by atoms with Crippen molar-refractivity contribution < 1.29 is 23.0 Å². The number of fused-ring (bicyclic) bond motifs is 1. The van der Waals surface area contributed by atoms with E-state index in [-0.39, 0.29) is 40.8 Å². The summed E-state index contributed by atoms with van der Waals surface area (Å²) < 4.78 is 43.3. The van der Waals surface area contributed by atoms with E-state index in [9.17, 15) is 4.79 Å². The molecule has 3 aromatic heterocycles. The smallest absolute Gasteiger partial charge is 0.409 e. The highest BCUT2D eigenvalue weighted by Crippen LogP contribution is 2.34. The van der Waals surface area contributed by atoms with Crippen LogP contribution in [0.2, 0.25) is 5.15 Å². The lowest BCUT2D eigenvalue weighted by molar-refractivity contribution is -0.0241. The molecule has 1 atom stereocenters. The van der Waals surface area contributed by atoms with Crippen molar-refractivity contribution >= 4 is 23.3 Å². The molecule has 1 aromatic carbocycles. The fourth-order valence-electron chi connectivity index (χ4n) is 4.33. The largest absolute Gasteiger partial charge is 0.453 e. The van der Waals surface area contributed by atoms with E-state index in [1.165, 1.54) is 25.4 Å². The lowest BCUT2D eigenvalue weighted by Crippen LogP contribution is -2.46. The second-order valence-electron chi connectivity index (χ2n) is 8.34. The standard InChI is InChI=1S/C24H22ClF2N5O3/c1-13-3-4-32-18(10-15-12-31(5-6-35-15)24(33)34-2)22(30-20(32)7-13)21-16(26)8-14(9-17(21)27)23-28-11-19(25)29-23/h3-4,7-9,11,15H,5-6,10,12H2,1-2H3,(H,28,29). The van der Waals surface area contributed by atoms with Crippen LogP contribution in [0.25, 0.3) is 28.3 Å². The number of H-pyrrole nitrogens is 1. The molecule has 8 nitrogen and oxygen atoms in total. The molecule has 0 radical (unpaired) electrons. The number of hydrogen-bond donors (Lipinski definition) is 1. The summed E-state index contributed by atoms with van der Waals surface area (Å²) in [5, 5.41) is 0.191. The van der Waals surface area contributed by atoms with Gasteiger partial charge in [0.25, 0.3) is 0 Å².